The predicted octanol–water partition coefficient (Wildman–Crippen LogP) is 3.10. The second-order valence-electron chi connectivity index (χ2n) is 8.61. The van der Waals surface area contributed by atoms with E-state index in [4.69, 9.17) is 4.42 Å². The van der Waals surface area contributed by atoms with Crippen LogP contribution < -0.4 is 15.8 Å². The molecule has 1 aliphatic heterocycles. The van der Waals surface area contributed by atoms with Gasteiger partial charge in [0, 0.05) is 24.8 Å². The zero-order valence-corrected chi connectivity index (χ0v) is 17.1. The highest BCUT2D eigenvalue weighted by atomic mass is 16.3. The van der Waals surface area contributed by atoms with Gasteiger partial charge in [-0.15, -0.1) is 0 Å². The van der Waals surface area contributed by atoms with Gasteiger partial charge in [0.05, 0.1) is 0 Å². The number of aromatic nitrogens is 3. The lowest BCUT2D eigenvalue weighted by Crippen LogP contribution is -2.33. The smallest absolute Gasteiger partial charge is 0.267 e. The first-order chi connectivity index (χ1) is 14.5. The minimum absolute atomic E-state index is 0.137. The van der Waals surface area contributed by atoms with Gasteiger partial charge < -0.3 is 14.6 Å². The minimum Gasteiger partial charge on any atom is -0.443 e. The molecule has 2 aliphatic rings. The summed E-state index contributed by atoms with van der Waals surface area (Å²) in [6.45, 7) is 3.72. The molecule has 30 heavy (non-hydrogen) atoms. The molecule has 2 aromatic heterocycles. The van der Waals surface area contributed by atoms with E-state index < -0.39 is 0 Å². The molecule has 5 rings (SSSR count). The number of hydrogen-bond donors (Lipinski definition) is 1. The van der Waals surface area contributed by atoms with E-state index in [1.165, 1.54) is 43.2 Å². The molecule has 3 heterocycles. The third-order valence-electron chi connectivity index (χ3n) is 6.47. The van der Waals surface area contributed by atoms with Crippen molar-refractivity contribution in [1.29, 1.82) is 0 Å². The molecule has 8 heteroatoms. The average molecular weight is 407 g/mol. The maximum absolute atomic E-state index is 12.6. The lowest BCUT2D eigenvalue weighted by Gasteiger charge is -2.25. The molecule has 1 N–H and O–H groups in total. The Morgan fingerprint density at radius 3 is 2.90 bits per heavy atom. The SMILES string of the molecule is Cc1cc(=O)n(CC(=O)Nc2ccc3ocnc3c2)nc1N1CCC2(CCCC2)C1. The number of carbonyl (C=O) groups is 1. The zero-order valence-electron chi connectivity index (χ0n) is 17.1. The Hall–Kier alpha value is -3.16. The molecule has 1 aliphatic carbocycles. The highest BCUT2D eigenvalue weighted by Gasteiger charge is 2.41. The van der Waals surface area contributed by atoms with E-state index in [2.05, 4.69) is 20.3 Å². The Labute approximate surface area is 173 Å². The second-order valence-corrected chi connectivity index (χ2v) is 8.61. The van der Waals surface area contributed by atoms with E-state index in [0.29, 0.717) is 22.2 Å². The van der Waals surface area contributed by atoms with Crippen LogP contribution in [-0.2, 0) is 11.3 Å². The van der Waals surface area contributed by atoms with E-state index >= 15 is 0 Å². The molecule has 1 spiro atoms. The summed E-state index contributed by atoms with van der Waals surface area (Å²) in [5.74, 6) is 0.506. The third kappa shape index (κ3) is 3.46. The van der Waals surface area contributed by atoms with E-state index in [1.807, 2.05) is 6.92 Å². The van der Waals surface area contributed by atoms with Crippen molar-refractivity contribution < 1.29 is 9.21 Å². The van der Waals surface area contributed by atoms with Gasteiger partial charge in [0.1, 0.15) is 12.1 Å². The average Bonchev–Trinajstić information content (AvgIpc) is 3.46. The molecule has 2 fully saturated rings. The molecule has 0 bridgehead atoms. The molecule has 0 atom stereocenters. The maximum atomic E-state index is 12.6. The minimum atomic E-state index is -0.309. The Kier molecular flexibility index (Phi) is 4.56. The number of anilines is 2. The molecule has 1 amide bonds. The van der Waals surface area contributed by atoms with Crippen molar-refractivity contribution in [1.82, 2.24) is 14.8 Å². The molecule has 0 unspecified atom stereocenters. The largest absolute Gasteiger partial charge is 0.443 e. The van der Waals surface area contributed by atoms with Crippen molar-refractivity contribution in [3.63, 3.8) is 0 Å². The van der Waals surface area contributed by atoms with Gasteiger partial charge in [-0.1, -0.05) is 12.8 Å². The van der Waals surface area contributed by atoms with Crippen LogP contribution in [0.1, 0.15) is 37.7 Å². The number of nitrogens with zero attached hydrogens (tertiary/aromatic N) is 4. The van der Waals surface area contributed by atoms with Crippen LogP contribution in [0, 0.1) is 12.3 Å². The standard InChI is InChI=1S/C22H25N5O3/c1-15-10-20(29)27(25-21(15)26-9-8-22(13-26)6-2-3-7-22)12-19(28)24-16-4-5-18-17(11-16)23-14-30-18/h4-5,10-11,14H,2-3,6-9,12-13H2,1H3,(H,24,28). The van der Waals surface area contributed by atoms with Gasteiger partial charge >= 0.3 is 0 Å². The van der Waals surface area contributed by atoms with E-state index in [0.717, 1.165) is 24.5 Å². The third-order valence-corrected chi connectivity index (χ3v) is 6.47. The molecule has 1 saturated carbocycles. The fourth-order valence-electron chi connectivity index (χ4n) is 4.91. The van der Waals surface area contributed by atoms with Gasteiger partial charge in [0.15, 0.2) is 17.8 Å². The van der Waals surface area contributed by atoms with Gasteiger partial charge in [-0.05, 0) is 55.4 Å². The lowest BCUT2D eigenvalue weighted by atomic mass is 9.86. The van der Waals surface area contributed by atoms with Crippen LogP contribution in [0.3, 0.4) is 0 Å². The Bertz CT molecular complexity index is 1160. The van der Waals surface area contributed by atoms with Crippen LogP contribution in [0.15, 0.2) is 39.9 Å². The first-order valence-corrected chi connectivity index (χ1v) is 10.5. The molecule has 156 valence electrons. The summed E-state index contributed by atoms with van der Waals surface area (Å²) < 4.78 is 6.47. The first kappa shape index (κ1) is 18.8. The van der Waals surface area contributed by atoms with E-state index in [1.54, 1.807) is 24.3 Å². The van der Waals surface area contributed by atoms with Crippen LogP contribution in [0.25, 0.3) is 11.1 Å². The van der Waals surface area contributed by atoms with Crippen molar-refractivity contribution in [2.24, 2.45) is 5.41 Å². The Balaban J connectivity index is 1.33. The summed E-state index contributed by atoms with van der Waals surface area (Å²) in [4.78, 5) is 31.4. The van der Waals surface area contributed by atoms with Crippen LogP contribution in [0.2, 0.25) is 0 Å². The number of hydrogen-bond acceptors (Lipinski definition) is 6. The van der Waals surface area contributed by atoms with Crippen LogP contribution in [0.5, 0.6) is 0 Å². The fourth-order valence-corrected chi connectivity index (χ4v) is 4.91. The van der Waals surface area contributed by atoms with Gasteiger partial charge in [-0.3, -0.25) is 9.59 Å². The second kappa shape index (κ2) is 7.27. The first-order valence-electron chi connectivity index (χ1n) is 10.5. The van der Waals surface area contributed by atoms with Crippen LogP contribution in [0.4, 0.5) is 11.5 Å². The normalized spacial score (nSPS) is 17.8. The highest BCUT2D eigenvalue weighted by Crippen LogP contribution is 2.46. The number of rotatable bonds is 4. The van der Waals surface area contributed by atoms with Gasteiger partial charge in [0.25, 0.3) is 5.56 Å². The van der Waals surface area contributed by atoms with Crippen molar-refractivity contribution in [3.8, 4) is 0 Å². The van der Waals surface area contributed by atoms with Gasteiger partial charge in [0.2, 0.25) is 5.91 Å². The summed E-state index contributed by atoms with van der Waals surface area (Å²) in [6.07, 6.45) is 7.71. The van der Waals surface area contributed by atoms with E-state index in [-0.39, 0.29) is 18.0 Å². The topological polar surface area (TPSA) is 93.3 Å². The number of carbonyl (C=O) groups excluding carboxylic acids is 1. The summed E-state index contributed by atoms with van der Waals surface area (Å²) >= 11 is 0. The van der Waals surface area contributed by atoms with Gasteiger partial charge in [-0.25, -0.2) is 9.67 Å². The Morgan fingerprint density at radius 1 is 1.23 bits per heavy atom. The number of nitrogens with one attached hydrogen (secondary N) is 1. The van der Waals surface area contributed by atoms with Crippen molar-refractivity contribution in [2.45, 2.75) is 45.6 Å². The molecule has 1 aromatic carbocycles. The summed E-state index contributed by atoms with van der Waals surface area (Å²) in [6, 6.07) is 6.81. The summed E-state index contributed by atoms with van der Waals surface area (Å²) in [5.41, 5.74) is 2.92. The quantitative estimate of drug-likeness (QED) is 0.714. The number of benzene rings is 1. The predicted molar refractivity (Wildman–Crippen MR) is 114 cm³/mol. The van der Waals surface area contributed by atoms with E-state index in [9.17, 15) is 9.59 Å². The molecule has 1 saturated heterocycles. The molecular weight excluding hydrogens is 382 g/mol. The van der Waals surface area contributed by atoms with Crippen molar-refractivity contribution >= 4 is 28.5 Å². The number of fused-ring (bicyclic) bond motifs is 1. The Morgan fingerprint density at radius 2 is 2.07 bits per heavy atom. The van der Waals surface area contributed by atoms with Crippen molar-refractivity contribution in [3.05, 3.63) is 46.6 Å². The fraction of sp³-hybridized carbons (Fsp3) is 0.455. The summed E-state index contributed by atoms with van der Waals surface area (Å²) in [7, 11) is 0. The van der Waals surface area contributed by atoms with Crippen LogP contribution in [-0.4, -0.2) is 33.8 Å². The molecule has 3 aromatic rings. The van der Waals surface area contributed by atoms with Gasteiger partial charge in [-0.2, -0.15) is 5.10 Å². The summed E-state index contributed by atoms with van der Waals surface area (Å²) in [5, 5.41) is 7.38. The molecular formula is C22H25N5O3. The number of amides is 1. The molecule has 8 nitrogen and oxygen atoms in total. The number of oxazole rings is 1. The lowest BCUT2D eigenvalue weighted by molar-refractivity contribution is -0.117. The van der Waals surface area contributed by atoms with Crippen molar-refractivity contribution in [2.75, 3.05) is 23.3 Å². The maximum Gasteiger partial charge on any atom is 0.267 e. The monoisotopic (exact) mass is 407 g/mol. The van der Waals surface area contributed by atoms with Crippen LogP contribution >= 0.6 is 0 Å². The highest BCUT2D eigenvalue weighted by molar-refractivity contribution is 5.92. The number of aryl methyl sites for hydroxylation is 1. The zero-order chi connectivity index (χ0) is 20.7. The molecule has 0 radical (unpaired) electrons.